The normalized spacial score (nSPS) is 12.9. The Balaban J connectivity index is 1.72. The Bertz CT molecular complexity index is 1030. The van der Waals surface area contributed by atoms with Crippen molar-refractivity contribution in [2.24, 2.45) is 0 Å². The molecule has 26 heavy (non-hydrogen) atoms. The van der Waals surface area contributed by atoms with Crippen molar-refractivity contribution in [2.45, 2.75) is 31.7 Å². The molecule has 0 bridgehead atoms. The number of nitrogens with one attached hydrogen (secondary N) is 1. The summed E-state index contributed by atoms with van der Waals surface area (Å²) in [6.45, 7) is 5.67. The Morgan fingerprint density at radius 1 is 1.12 bits per heavy atom. The predicted molar refractivity (Wildman–Crippen MR) is 103 cm³/mol. The SMILES string of the molecule is Cc1ccc(C)c(S(=O)(=O)N[C@@H](C)COc2cccc3ncccc23)c1. The number of aromatic nitrogens is 1. The summed E-state index contributed by atoms with van der Waals surface area (Å²) in [5.41, 5.74) is 2.47. The fraction of sp³-hybridized carbons (Fsp3) is 0.250. The van der Waals surface area contributed by atoms with Crippen LogP contribution in [0.3, 0.4) is 0 Å². The average molecular weight is 370 g/mol. The van der Waals surface area contributed by atoms with Crippen LogP contribution in [0.15, 0.2) is 59.6 Å². The molecule has 1 aromatic heterocycles. The second kappa shape index (κ2) is 7.43. The summed E-state index contributed by atoms with van der Waals surface area (Å²) in [6.07, 6.45) is 1.73. The van der Waals surface area contributed by atoms with Crippen molar-refractivity contribution in [1.82, 2.24) is 9.71 Å². The van der Waals surface area contributed by atoms with Crippen molar-refractivity contribution in [3.8, 4) is 5.75 Å². The zero-order valence-corrected chi connectivity index (χ0v) is 15.9. The third-order valence-electron chi connectivity index (χ3n) is 4.08. The minimum absolute atomic E-state index is 0.220. The van der Waals surface area contributed by atoms with E-state index in [1.165, 1.54) is 0 Å². The maximum atomic E-state index is 12.7. The number of rotatable bonds is 6. The fourth-order valence-corrected chi connectivity index (χ4v) is 4.33. The van der Waals surface area contributed by atoms with E-state index in [0.717, 1.165) is 22.0 Å². The zero-order chi connectivity index (χ0) is 18.7. The Kier molecular flexibility index (Phi) is 5.25. The molecule has 1 atom stereocenters. The van der Waals surface area contributed by atoms with E-state index in [1.807, 2.05) is 49.4 Å². The standard InChI is InChI=1S/C20H22N2O3S/c1-14-9-10-15(2)20(12-14)26(23,24)22-16(3)13-25-19-8-4-7-18-17(19)6-5-11-21-18/h4-12,16,22H,13H2,1-3H3/t16-/m0/s1. The highest BCUT2D eigenvalue weighted by Gasteiger charge is 2.20. The summed E-state index contributed by atoms with van der Waals surface area (Å²) in [7, 11) is -3.60. The van der Waals surface area contributed by atoms with Crippen molar-refractivity contribution in [3.05, 3.63) is 65.9 Å². The van der Waals surface area contributed by atoms with Crippen molar-refractivity contribution < 1.29 is 13.2 Å². The first-order valence-corrected chi connectivity index (χ1v) is 9.91. The first-order chi connectivity index (χ1) is 12.4. The van der Waals surface area contributed by atoms with Gasteiger partial charge in [-0.2, -0.15) is 0 Å². The highest BCUT2D eigenvalue weighted by molar-refractivity contribution is 7.89. The lowest BCUT2D eigenvalue weighted by molar-refractivity contribution is 0.290. The largest absolute Gasteiger partial charge is 0.491 e. The highest BCUT2D eigenvalue weighted by Crippen LogP contribution is 2.24. The molecule has 0 fully saturated rings. The molecule has 2 aromatic carbocycles. The molecule has 0 aliphatic rings. The lowest BCUT2D eigenvalue weighted by atomic mass is 10.2. The van der Waals surface area contributed by atoms with Crippen molar-refractivity contribution in [1.29, 1.82) is 0 Å². The third-order valence-corrected chi connectivity index (χ3v) is 5.82. The molecule has 0 radical (unpaired) electrons. The van der Waals surface area contributed by atoms with E-state index in [-0.39, 0.29) is 12.6 Å². The molecule has 0 aliphatic heterocycles. The number of pyridine rings is 1. The van der Waals surface area contributed by atoms with Crippen LogP contribution in [0, 0.1) is 13.8 Å². The summed E-state index contributed by atoms with van der Waals surface area (Å²) in [5.74, 6) is 0.688. The number of sulfonamides is 1. The molecule has 5 nitrogen and oxygen atoms in total. The summed E-state index contributed by atoms with van der Waals surface area (Å²) >= 11 is 0. The van der Waals surface area contributed by atoms with Gasteiger partial charge in [0.25, 0.3) is 0 Å². The van der Waals surface area contributed by atoms with E-state index in [0.29, 0.717) is 10.6 Å². The molecule has 3 aromatic rings. The molecular weight excluding hydrogens is 348 g/mol. The van der Waals surface area contributed by atoms with Gasteiger partial charge in [-0.15, -0.1) is 0 Å². The van der Waals surface area contributed by atoms with Crippen LogP contribution >= 0.6 is 0 Å². The maximum absolute atomic E-state index is 12.7. The molecule has 136 valence electrons. The van der Waals surface area contributed by atoms with Gasteiger partial charge in [-0.05, 0) is 62.2 Å². The summed E-state index contributed by atoms with van der Waals surface area (Å²) in [5, 5.41) is 0.902. The van der Waals surface area contributed by atoms with Crippen LogP contribution in [-0.2, 0) is 10.0 Å². The number of nitrogens with zero attached hydrogens (tertiary/aromatic N) is 1. The van der Waals surface area contributed by atoms with Crippen LogP contribution in [0.1, 0.15) is 18.1 Å². The van der Waals surface area contributed by atoms with Gasteiger partial charge >= 0.3 is 0 Å². The quantitative estimate of drug-likeness (QED) is 0.720. The second-order valence-electron chi connectivity index (χ2n) is 6.43. The van der Waals surface area contributed by atoms with E-state index in [9.17, 15) is 8.42 Å². The van der Waals surface area contributed by atoms with Gasteiger partial charge in [-0.3, -0.25) is 4.98 Å². The van der Waals surface area contributed by atoms with Gasteiger partial charge in [-0.25, -0.2) is 13.1 Å². The highest BCUT2D eigenvalue weighted by atomic mass is 32.2. The molecule has 1 N–H and O–H groups in total. The van der Waals surface area contributed by atoms with Crippen LogP contribution in [0.25, 0.3) is 10.9 Å². The predicted octanol–water partition coefficient (Wildman–Crippen LogP) is 3.60. The van der Waals surface area contributed by atoms with Crippen LogP contribution in [-0.4, -0.2) is 26.1 Å². The van der Waals surface area contributed by atoms with Gasteiger partial charge in [0.15, 0.2) is 0 Å². The number of benzene rings is 2. The minimum Gasteiger partial charge on any atom is -0.491 e. The van der Waals surface area contributed by atoms with E-state index in [2.05, 4.69) is 9.71 Å². The van der Waals surface area contributed by atoms with Crippen molar-refractivity contribution in [3.63, 3.8) is 0 Å². The third kappa shape index (κ3) is 4.03. The minimum atomic E-state index is -3.60. The lowest BCUT2D eigenvalue weighted by Crippen LogP contribution is -2.37. The molecule has 0 aliphatic carbocycles. The van der Waals surface area contributed by atoms with E-state index in [4.69, 9.17) is 4.74 Å². The number of hydrogen-bond acceptors (Lipinski definition) is 4. The van der Waals surface area contributed by atoms with Gasteiger partial charge in [-0.1, -0.05) is 18.2 Å². The summed E-state index contributed by atoms with van der Waals surface area (Å²) in [4.78, 5) is 4.60. The first kappa shape index (κ1) is 18.4. The molecule has 0 amide bonds. The fourth-order valence-electron chi connectivity index (χ4n) is 2.77. The number of aryl methyl sites for hydroxylation is 2. The van der Waals surface area contributed by atoms with E-state index < -0.39 is 10.0 Å². The molecule has 0 saturated carbocycles. The molecule has 3 rings (SSSR count). The monoisotopic (exact) mass is 370 g/mol. The lowest BCUT2D eigenvalue weighted by Gasteiger charge is -2.17. The topological polar surface area (TPSA) is 68.3 Å². The van der Waals surface area contributed by atoms with Crippen LogP contribution < -0.4 is 9.46 Å². The molecule has 1 heterocycles. The molecule has 0 unspecified atom stereocenters. The van der Waals surface area contributed by atoms with E-state index in [1.54, 1.807) is 26.1 Å². The van der Waals surface area contributed by atoms with Gasteiger partial charge < -0.3 is 4.74 Å². The van der Waals surface area contributed by atoms with Crippen molar-refractivity contribution in [2.75, 3.05) is 6.61 Å². The van der Waals surface area contributed by atoms with Crippen LogP contribution in [0.4, 0.5) is 0 Å². The Hall–Kier alpha value is -2.44. The van der Waals surface area contributed by atoms with Crippen LogP contribution in [0.5, 0.6) is 5.75 Å². The first-order valence-electron chi connectivity index (χ1n) is 8.43. The van der Waals surface area contributed by atoms with Crippen LogP contribution in [0.2, 0.25) is 0 Å². The Morgan fingerprint density at radius 3 is 2.73 bits per heavy atom. The average Bonchev–Trinajstić information content (AvgIpc) is 2.61. The van der Waals surface area contributed by atoms with Gasteiger partial charge in [0.1, 0.15) is 12.4 Å². The smallest absolute Gasteiger partial charge is 0.241 e. The molecule has 0 spiro atoms. The number of ether oxygens (including phenoxy) is 1. The number of fused-ring (bicyclic) bond motifs is 1. The van der Waals surface area contributed by atoms with Gasteiger partial charge in [0, 0.05) is 11.6 Å². The zero-order valence-electron chi connectivity index (χ0n) is 15.1. The summed E-state index contributed by atoms with van der Waals surface area (Å²) < 4.78 is 33.9. The maximum Gasteiger partial charge on any atom is 0.241 e. The van der Waals surface area contributed by atoms with Gasteiger partial charge in [0.05, 0.1) is 16.5 Å². The Labute approximate surface area is 154 Å². The van der Waals surface area contributed by atoms with Crippen molar-refractivity contribution >= 4 is 20.9 Å². The summed E-state index contributed by atoms with van der Waals surface area (Å²) in [6, 6.07) is 14.4. The molecule has 6 heteroatoms. The molecule has 0 saturated heterocycles. The van der Waals surface area contributed by atoms with Gasteiger partial charge in [0.2, 0.25) is 10.0 Å². The Morgan fingerprint density at radius 2 is 1.92 bits per heavy atom. The second-order valence-corrected chi connectivity index (χ2v) is 8.11. The van der Waals surface area contributed by atoms with E-state index >= 15 is 0 Å². The molecular formula is C20H22N2O3S. The number of hydrogen-bond donors (Lipinski definition) is 1.